The van der Waals surface area contributed by atoms with Crippen LogP contribution >= 0.6 is 0 Å². The molecule has 1 saturated heterocycles. The molecule has 21 heavy (non-hydrogen) atoms. The fourth-order valence-electron chi connectivity index (χ4n) is 2.36. The first-order chi connectivity index (χ1) is 10.1. The van der Waals surface area contributed by atoms with Gasteiger partial charge in [-0.25, -0.2) is 8.42 Å². The predicted octanol–water partition coefficient (Wildman–Crippen LogP) is 0.774. The third-order valence-electron chi connectivity index (χ3n) is 3.42. The number of rotatable bonds is 5. The zero-order chi connectivity index (χ0) is 14.9. The molecule has 2 aromatic heterocycles. The molecule has 0 spiro atoms. The normalized spacial score (nSPS) is 20.7. The van der Waals surface area contributed by atoms with Crippen molar-refractivity contribution in [3.05, 3.63) is 6.20 Å². The van der Waals surface area contributed by atoms with Crippen molar-refractivity contribution in [1.82, 2.24) is 20.2 Å². The van der Waals surface area contributed by atoms with Gasteiger partial charge in [-0.05, 0) is 12.8 Å². The van der Waals surface area contributed by atoms with E-state index in [0.717, 1.165) is 18.4 Å². The fraction of sp³-hybridized carbons (Fsp3) is 0.583. The molecule has 8 nitrogen and oxygen atoms in total. The van der Waals surface area contributed by atoms with Gasteiger partial charge in [0.05, 0.1) is 23.1 Å². The van der Waals surface area contributed by atoms with Gasteiger partial charge in [-0.2, -0.15) is 15.1 Å². The van der Waals surface area contributed by atoms with Crippen LogP contribution in [0, 0.1) is 0 Å². The van der Waals surface area contributed by atoms with Gasteiger partial charge in [-0.1, -0.05) is 6.92 Å². The lowest BCUT2D eigenvalue weighted by Gasteiger charge is -2.13. The summed E-state index contributed by atoms with van der Waals surface area (Å²) >= 11 is 0. The summed E-state index contributed by atoms with van der Waals surface area (Å²) in [5.41, 5.74) is 0.631. The summed E-state index contributed by atoms with van der Waals surface area (Å²) in [7, 11) is -2.92. The quantitative estimate of drug-likeness (QED) is 0.747. The zero-order valence-corrected chi connectivity index (χ0v) is 12.6. The van der Waals surface area contributed by atoms with Crippen molar-refractivity contribution in [2.45, 2.75) is 25.8 Å². The van der Waals surface area contributed by atoms with Gasteiger partial charge >= 0.3 is 0 Å². The van der Waals surface area contributed by atoms with Crippen LogP contribution in [0.25, 0.3) is 11.0 Å². The highest BCUT2D eigenvalue weighted by atomic mass is 32.2. The molecule has 0 bridgehead atoms. The first kappa shape index (κ1) is 14.1. The lowest BCUT2D eigenvalue weighted by Crippen LogP contribution is -2.21. The first-order valence-electron chi connectivity index (χ1n) is 6.99. The van der Waals surface area contributed by atoms with Crippen molar-refractivity contribution in [2.24, 2.45) is 0 Å². The lowest BCUT2D eigenvalue weighted by atomic mass is 10.2. The Hall–Kier alpha value is -1.90. The van der Waals surface area contributed by atoms with Crippen LogP contribution in [-0.4, -0.2) is 52.7 Å². The van der Waals surface area contributed by atoms with Crippen LogP contribution in [0.3, 0.4) is 0 Å². The van der Waals surface area contributed by atoms with Crippen molar-refractivity contribution < 1.29 is 8.42 Å². The highest BCUT2D eigenvalue weighted by Gasteiger charge is 2.28. The number of anilines is 2. The maximum Gasteiger partial charge on any atom is 0.226 e. The second kappa shape index (κ2) is 5.47. The zero-order valence-electron chi connectivity index (χ0n) is 11.8. The van der Waals surface area contributed by atoms with E-state index in [4.69, 9.17) is 0 Å². The predicted molar refractivity (Wildman–Crippen MR) is 81.1 cm³/mol. The monoisotopic (exact) mass is 310 g/mol. The van der Waals surface area contributed by atoms with E-state index in [0.29, 0.717) is 23.8 Å². The van der Waals surface area contributed by atoms with E-state index in [1.807, 2.05) is 0 Å². The molecule has 2 aromatic rings. The first-order valence-corrected chi connectivity index (χ1v) is 8.81. The molecule has 1 unspecified atom stereocenters. The maximum atomic E-state index is 11.5. The molecule has 3 rings (SSSR count). The van der Waals surface area contributed by atoms with Crippen LogP contribution in [0.2, 0.25) is 0 Å². The van der Waals surface area contributed by atoms with Gasteiger partial charge in [0.2, 0.25) is 5.95 Å². The van der Waals surface area contributed by atoms with Crippen molar-refractivity contribution in [3.63, 3.8) is 0 Å². The topological polar surface area (TPSA) is 113 Å². The number of aromatic amines is 1. The molecular formula is C12H18N6O2S. The fourth-order valence-corrected chi connectivity index (χ4v) is 4.04. The molecule has 1 fully saturated rings. The Morgan fingerprint density at radius 3 is 3.00 bits per heavy atom. The third kappa shape index (κ3) is 3.07. The third-order valence-corrected chi connectivity index (χ3v) is 5.18. The summed E-state index contributed by atoms with van der Waals surface area (Å²) in [6.07, 6.45) is 3.21. The maximum absolute atomic E-state index is 11.5. The number of nitrogens with one attached hydrogen (secondary N) is 3. The SMILES string of the molecule is CCCNc1nc(NC2CCS(=O)(=O)C2)c2cn[nH]c2n1. The minimum absolute atomic E-state index is 0.109. The molecule has 0 radical (unpaired) electrons. The number of hydrogen-bond acceptors (Lipinski definition) is 7. The Morgan fingerprint density at radius 2 is 2.29 bits per heavy atom. The van der Waals surface area contributed by atoms with Crippen LogP contribution in [0.5, 0.6) is 0 Å². The molecule has 9 heteroatoms. The number of H-pyrrole nitrogens is 1. The van der Waals surface area contributed by atoms with E-state index in [1.165, 1.54) is 0 Å². The average Bonchev–Trinajstić information content (AvgIpc) is 3.03. The summed E-state index contributed by atoms with van der Waals surface area (Å²) < 4.78 is 23.1. The molecular weight excluding hydrogens is 292 g/mol. The van der Waals surface area contributed by atoms with Gasteiger partial charge in [-0.15, -0.1) is 0 Å². The number of sulfone groups is 1. The molecule has 3 heterocycles. The number of fused-ring (bicyclic) bond motifs is 1. The number of aromatic nitrogens is 4. The van der Waals surface area contributed by atoms with E-state index < -0.39 is 9.84 Å². The smallest absolute Gasteiger partial charge is 0.226 e. The molecule has 1 aliphatic rings. The second-order valence-corrected chi connectivity index (χ2v) is 7.43. The molecule has 1 aliphatic heterocycles. The molecule has 114 valence electrons. The van der Waals surface area contributed by atoms with Gasteiger partial charge in [0, 0.05) is 12.6 Å². The molecule has 0 amide bonds. The Bertz CT molecular complexity index is 741. The number of nitrogens with zero attached hydrogens (tertiary/aromatic N) is 3. The summed E-state index contributed by atoms with van der Waals surface area (Å²) in [6.45, 7) is 2.83. The van der Waals surface area contributed by atoms with Crippen LogP contribution < -0.4 is 10.6 Å². The summed E-state index contributed by atoms with van der Waals surface area (Å²) in [5.74, 6) is 1.51. The largest absolute Gasteiger partial charge is 0.366 e. The van der Waals surface area contributed by atoms with E-state index in [1.54, 1.807) is 6.20 Å². The molecule has 3 N–H and O–H groups in total. The minimum Gasteiger partial charge on any atom is -0.366 e. The van der Waals surface area contributed by atoms with Gasteiger partial charge in [0.15, 0.2) is 15.5 Å². The van der Waals surface area contributed by atoms with Crippen LogP contribution in [-0.2, 0) is 9.84 Å². The summed E-state index contributed by atoms with van der Waals surface area (Å²) in [6, 6.07) is -0.109. The molecule has 0 aliphatic carbocycles. The van der Waals surface area contributed by atoms with Gasteiger partial charge in [-0.3, -0.25) is 5.10 Å². The van der Waals surface area contributed by atoms with Gasteiger partial charge in [0.25, 0.3) is 0 Å². The Morgan fingerprint density at radius 1 is 1.43 bits per heavy atom. The van der Waals surface area contributed by atoms with E-state index >= 15 is 0 Å². The Balaban J connectivity index is 1.87. The average molecular weight is 310 g/mol. The van der Waals surface area contributed by atoms with E-state index in [-0.39, 0.29) is 17.5 Å². The second-order valence-electron chi connectivity index (χ2n) is 5.20. The summed E-state index contributed by atoms with van der Waals surface area (Å²) in [5, 5.41) is 13.9. The highest BCUT2D eigenvalue weighted by Crippen LogP contribution is 2.23. The van der Waals surface area contributed by atoms with E-state index in [9.17, 15) is 8.42 Å². The van der Waals surface area contributed by atoms with Crippen LogP contribution in [0.15, 0.2) is 6.20 Å². The number of hydrogen-bond donors (Lipinski definition) is 3. The minimum atomic E-state index is -2.92. The van der Waals surface area contributed by atoms with Gasteiger partial charge in [0.1, 0.15) is 5.82 Å². The van der Waals surface area contributed by atoms with Crippen molar-refractivity contribution in [3.8, 4) is 0 Å². The van der Waals surface area contributed by atoms with Crippen LogP contribution in [0.1, 0.15) is 19.8 Å². The molecule has 0 aromatic carbocycles. The van der Waals surface area contributed by atoms with Gasteiger partial charge < -0.3 is 10.6 Å². The Kier molecular flexibility index (Phi) is 3.66. The summed E-state index contributed by atoms with van der Waals surface area (Å²) in [4.78, 5) is 8.77. The molecule has 0 saturated carbocycles. The molecule has 1 atom stereocenters. The lowest BCUT2D eigenvalue weighted by molar-refractivity contribution is 0.602. The Labute approximate surface area is 122 Å². The standard InChI is InChI=1S/C12H18N6O2S/c1-2-4-13-12-16-10(9-6-14-18-11(9)17-12)15-8-3-5-21(19,20)7-8/h6,8H,2-5,7H2,1H3,(H3,13,14,15,16,17,18). The van der Waals surface area contributed by atoms with Crippen molar-refractivity contribution >= 4 is 32.6 Å². The highest BCUT2D eigenvalue weighted by molar-refractivity contribution is 7.91. The van der Waals surface area contributed by atoms with Crippen molar-refractivity contribution in [1.29, 1.82) is 0 Å². The van der Waals surface area contributed by atoms with E-state index in [2.05, 4.69) is 37.7 Å². The van der Waals surface area contributed by atoms with Crippen LogP contribution in [0.4, 0.5) is 11.8 Å². The van der Waals surface area contributed by atoms with Crippen molar-refractivity contribution in [2.75, 3.05) is 28.7 Å².